The van der Waals surface area contributed by atoms with Crippen LogP contribution in [-0.4, -0.2) is 97.0 Å². The van der Waals surface area contributed by atoms with Crippen molar-refractivity contribution in [1.82, 2.24) is 14.1 Å². The summed E-state index contributed by atoms with van der Waals surface area (Å²) in [6.07, 6.45) is 1.17. The summed E-state index contributed by atoms with van der Waals surface area (Å²) >= 11 is 5.91. The van der Waals surface area contributed by atoms with Gasteiger partial charge in [0.1, 0.15) is 11.8 Å². The summed E-state index contributed by atoms with van der Waals surface area (Å²) in [7, 11) is -2.01. The summed E-state index contributed by atoms with van der Waals surface area (Å²) in [5.41, 5.74) is -0.999. The molecule has 9 nitrogen and oxygen atoms in total. The zero-order chi connectivity index (χ0) is 22.7. The van der Waals surface area contributed by atoms with E-state index in [1.54, 1.807) is 0 Å². The summed E-state index contributed by atoms with van der Waals surface area (Å²) in [5.74, 6) is 0. The number of hydrogen-bond acceptors (Lipinski definition) is 7. The van der Waals surface area contributed by atoms with Crippen LogP contribution in [0.25, 0.3) is 0 Å². The Morgan fingerprint density at radius 1 is 1.16 bits per heavy atom. The third-order valence-corrected chi connectivity index (χ3v) is 9.22. The number of benzene rings is 1. The Morgan fingerprint density at radius 2 is 1.78 bits per heavy atom. The number of rotatable bonds is 4. The Kier molecular flexibility index (Phi) is 5.67. The van der Waals surface area contributed by atoms with Gasteiger partial charge in [0, 0.05) is 30.2 Å². The van der Waals surface area contributed by atoms with E-state index in [1.165, 1.54) is 24.3 Å². The number of carbonyl (C=O) groups excluding carboxylic acids is 1. The van der Waals surface area contributed by atoms with Gasteiger partial charge in [-0.25, -0.2) is 13.2 Å². The second kappa shape index (κ2) is 8.11. The van der Waals surface area contributed by atoms with E-state index in [-0.39, 0.29) is 30.2 Å². The van der Waals surface area contributed by atoms with Gasteiger partial charge in [0.05, 0.1) is 24.2 Å². The number of ether oxygens (including phenoxy) is 2. The predicted molar refractivity (Wildman–Crippen MR) is 116 cm³/mol. The van der Waals surface area contributed by atoms with Crippen molar-refractivity contribution in [2.75, 3.05) is 33.4 Å². The molecule has 2 unspecified atom stereocenters. The minimum Gasteiger partial charge on any atom is -0.441 e. The average molecular weight is 486 g/mol. The highest BCUT2D eigenvalue weighted by Gasteiger charge is 2.61. The summed E-state index contributed by atoms with van der Waals surface area (Å²) in [6.45, 7) is 1.52. The van der Waals surface area contributed by atoms with Gasteiger partial charge in [-0.1, -0.05) is 11.6 Å². The number of likely N-dealkylation sites (tertiary alicyclic amines) is 1. The quantitative estimate of drug-likeness (QED) is 0.689. The Labute approximate surface area is 192 Å². The van der Waals surface area contributed by atoms with E-state index in [0.717, 1.165) is 30.2 Å². The predicted octanol–water partition coefficient (Wildman–Crippen LogP) is 1.50. The second-order valence-electron chi connectivity index (χ2n) is 9.27. The van der Waals surface area contributed by atoms with Gasteiger partial charge in [-0.05, 0) is 57.0 Å². The van der Waals surface area contributed by atoms with E-state index in [0.29, 0.717) is 17.9 Å². The fourth-order valence-electron chi connectivity index (χ4n) is 5.34. The molecule has 4 fully saturated rings. The highest BCUT2D eigenvalue weighted by atomic mass is 35.5. The van der Waals surface area contributed by atoms with Crippen LogP contribution in [0.4, 0.5) is 4.79 Å². The number of hydrogen-bond donors (Lipinski definition) is 1. The van der Waals surface area contributed by atoms with Gasteiger partial charge in [0.25, 0.3) is 0 Å². The molecule has 176 valence electrons. The van der Waals surface area contributed by atoms with Crippen molar-refractivity contribution in [2.24, 2.45) is 0 Å². The van der Waals surface area contributed by atoms with Gasteiger partial charge in [0.2, 0.25) is 10.0 Å². The summed E-state index contributed by atoms with van der Waals surface area (Å²) in [6, 6.07) is 5.22. The van der Waals surface area contributed by atoms with Crippen LogP contribution in [-0.2, 0) is 19.5 Å². The molecule has 0 radical (unpaired) electrons. The van der Waals surface area contributed by atoms with E-state index < -0.39 is 34.0 Å². The van der Waals surface area contributed by atoms with E-state index in [1.807, 2.05) is 4.90 Å². The van der Waals surface area contributed by atoms with Crippen LogP contribution in [0.15, 0.2) is 29.2 Å². The first kappa shape index (κ1) is 22.4. The SMILES string of the molecule is CN1CC2CCC(C1)N2C(=O)OC1([C@H]2COC[C@@H](O)N2S(=O)(=O)c2ccc(Cl)cc2)CC1. The van der Waals surface area contributed by atoms with Crippen LogP contribution in [0, 0.1) is 0 Å². The summed E-state index contributed by atoms with van der Waals surface area (Å²) in [5, 5.41) is 11.0. The van der Waals surface area contributed by atoms with Crippen molar-refractivity contribution in [3.63, 3.8) is 0 Å². The highest BCUT2D eigenvalue weighted by Crippen LogP contribution is 2.48. The molecule has 0 aromatic heterocycles. The lowest BCUT2D eigenvalue weighted by molar-refractivity contribution is -0.131. The van der Waals surface area contributed by atoms with E-state index in [9.17, 15) is 18.3 Å². The summed E-state index contributed by atoms with van der Waals surface area (Å²) < 4.78 is 39.5. The van der Waals surface area contributed by atoms with Gasteiger partial charge < -0.3 is 19.5 Å². The van der Waals surface area contributed by atoms with Gasteiger partial charge >= 0.3 is 6.09 Å². The number of sulfonamides is 1. The first-order chi connectivity index (χ1) is 15.2. The maximum absolute atomic E-state index is 13.4. The maximum atomic E-state index is 13.4. The normalized spacial score (nSPS) is 32.7. The van der Waals surface area contributed by atoms with Gasteiger partial charge in [-0.15, -0.1) is 0 Å². The third-order valence-electron chi connectivity index (χ3n) is 7.05. The number of morpholine rings is 1. The fraction of sp³-hybridized carbons (Fsp3) is 0.667. The number of likely N-dealkylation sites (N-methyl/N-ethyl adjacent to an activating group) is 1. The van der Waals surface area contributed by atoms with Crippen LogP contribution < -0.4 is 0 Å². The molecule has 5 rings (SSSR count). The van der Waals surface area contributed by atoms with Crippen LogP contribution >= 0.6 is 11.6 Å². The number of aliphatic hydroxyl groups excluding tert-OH is 1. The van der Waals surface area contributed by atoms with Crippen molar-refractivity contribution < 1.29 is 27.8 Å². The number of amides is 1. The highest BCUT2D eigenvalue weighted by molar-refractivity contribution is 7.89. The Balaban J connectivity index is 1.39. The van der Waals surface area contributed by atoms with Crippen LogP contribution in [0.3, 0.4) is 0 Å². The number of carbonyl (C=O) groups is 1. The molecule has 11 heteroatoms. The topological polar surface area (TPSA) is 99.6 Å². The molecule has 3 saturated heterocycles. The van der Waals surface area contributed by atoms with Crippen molar-refractivity contribution in [2.45, 2.75) is 60.5 Å². The number of piperazine rings is 1. The standard InChI is InChI=1S/C21H28ClN3O6S/c1-23-10-15-4-5-16(11-23)24(15)20(27)31-21(8-9-21)18-12-30-13-19(26)25(18)32(28,29)17-6-2-14(22)3-7-17/h2-3,6-7,15-16,18-19,26H,4-5,8-13H2,1H3/t15?,16?,18-,19-/m1/s1. The van der Waals surface area contributed by atoms with Crippen molar-refractivity contribution in [3.8, 4) is 0 Å². The molecule has 2 bridgehead atoms. The largest absolute Gasteiger partial charge is 0.441 e. The molecule has 1 N–H and O–H groups in total. The van der Waals surface area contributed by atoms with Crippen LogP contribution in [0.1, 0.15) is 25.7 Å². The fourth-order valence-corrected chi connectivity index (χ4v) is 7.16. The molecule has 4 aliphatic rings. The molecule has 3 heterocycles. The Hall–Kier alpha value is -1.43. The van der Waals surface area contributed by atoms with Crippen LogP contribution in [0.2, 0.25) is 5.02 Å². The molecule has 1 aromatic rings. The van der Waals surface area contributed by atoms with Gasteiger partial charge in [-0.3, -0.25) is 4.90 Å². The number of halogens is 1. The van der Waals surface area contributed by atoms with Crippen molar-refractivity contribution in [1.29, 1.82) is 0 Å². The van der Waals surface area contributed by atoms with Gasteiger partial charge in [0.15, 0.2) is 0 Å². The first-order valence-corrected chi connectivity index (χ1v) is 12.8. The zero-order valence-electron chi connectivity index (χ0n) is 17.9. The maximum Gasteiger partial charge on any atom is 0.410 e. The van der Waals surface area contributed by atoms with E-state index in [2.05, 4.69) is 11.9 Å². The van der Waals surface area contributed by atoms with Crippen molar-refractivity contribution in [3.05, 3.63) is 29.3 Å². The molecule has 1 aliphatic carbocycles. The number of aliphatic hydroxyl groups is 1. The molecule has 1 aromatic carbocycles. The molecule has 1 saturated carbocycles. The molecular weight excluding hydrogens is 458 g/mol. The van der Waals surface area contributed by atoms with Crippen LogP contribution in [0.5, 0.6) is 0 Å². The molecule has 32 heavy (non-hydrogen) atoms. The molecule has 3 aliphatic heterocycles. The smallest absolute Gasteiger partial charge is 0.410 e. The molecular formula is C21H28ClN3O6S. The summed E-state index contributed by atoms with van der Waals surface area (Å²) in [4.78, 5) is 17.3. The first-order valence-electron chi connectivity index (χ1n) is 11.0. The average Bonchev–Trinajstić information content (AvgIpc) is 3.46. The minimum absolute atomic E-state index is 0.0205. The van der Waals surface area contributed by atoms with Crippen molar-refractivity contribution >= 4 is 27.7 Å². The minimum atomic E-state index is -4.06. The third kappa shape index (κ3) is 3.80. The van der Waals surface area contributed by atoms with Gasteiger partial charge in [-0.2, -0.15) is 4.31 Å². The lowest BCUT2D eigenvalue weighted by Crippen LogP contribution is -2.62. The lowest BCUT2D eigenvalue weighted by atomic mass is 10.1. The second-order valence-corrected chi connectivity index (χ2v) is 11.5. The zero-order valence-corrected chi connectivity index (χ0v) is 19.5. The lowest BCUT2D eigenvalue weighted by Gasteiger charge is -2.43. The Morgan fingerprint density at radius 3 is 2.38 bits per heavy atom. The number of fused-ring (bicyclic) bond motifs is 2. The molecule has 1 amide bonds. The number of nitrogens with zero attached hydrogens (tertiary/aromatic N) is 3. The van der Waals surface area contributed by atoms with E-state index >= 15 is 0 Å². The molecule has 0 spiro atoms. The van der Waals surface area contributed by atoms with E-state index in [4.69, 9.17) is 21.1 Å². The monoisotopic (exact) mass is 485 g/mol. The Bertz CT molecular complexity index is 972. The molecule has 4 atom stereocenters.